The van der Waals surface area contributed by atoms with Gasteiger partial charge in [0.05, 0.1) is 4.92 Å². The van der Waals surface area contributed by atoms with Crippen molar-refractivity contribution in [3.8, 4) is 0 Å². The van der Waals surface area contributed by atoms with Gasteiger partial charge in [-0.2, -0.15) is 0 Å². The van der Waals surface area contributed by atoms with Crippen LogP contribution in [0.15, 0.2) is 18.3 Å². The fourth-order valence-electron chi connectivity index (χ4n) is 2.78. The van der Waals surface area contributed by atoms with Gasteiger partial charge in [0, 0.05) is 25.4 Å². The zero-order valence-electron chi connectivity index (χ0n) is 12.3. The van der Waals surface area contributed by atoms with E-state index >= 15 is 0 Å². The summed E-state index contributed by atoms with van der Waals surface area (Å²) in [5.41, 5.74) is 0.119. The van der Waals surface area contributed by atoms with Gasteiger partial charge in [-0.25, -0.2) is 4.98 Å². The van der Waals surface area contributed by atoms with Crippen molar-refractivity contribution in [2.24, 2.45) is 11.8 Å². The molecule has 1 aliphatic heterocycles. The molecule has 1 aromatic rings. The van der Waals surface area contributed by atoms with E-state index in [0.717, 1.165) is 37.8 Å². The second-order valence-electron chi connectivity index (χ2n) is 6.00. The van der Waals surface area contributed by atoms with Gasteiger partial charge in [0.1, 0.15) is 0 Å². The average molecular weight is 277 g/mol. The Bertz CT molecular complexity index is 454. The lowest BCUT2D eigenvalue weighted by atomic mass is 9.89. The molecule has 1 fully saturated rings. The maximum absolute atomic E-state index is 11.0. The maximum Gasteiger partial charge on any atom is 0.311 e. The predicted octanol–water partition coefficient (Wildman–Crippen LogP) is 3.64. The molecule has 5 heteroatoms. The fourth-order valence-corrected chi connectivity index (χ4v) is 2.78. The van der Waals surface area contributed by atoms with E-state index < -0.39 is 0 Å². The Morgan fingerprint density at radius 3 is 2.75 bits per heavy atom. The predicted molar refractivity (Wildman–Crippen MR) is 79.9 cm³/mol. The van der Waals surface area contributed by atoms with Crippen molar-refractivity contribution in [3.63, 3.8) is 0 Å². The lowest BCUT2D eigenvalue weighted by Crippen LogP contribution is -2.34. The van der Waals surface area contributed by atoms with Gasteiger partial charge in [-0.3, -0.25) is 10.1 Å². The Hall–Kier alpha value is -1.65. The normalized spacial score (nSPS) is 16.6. The zero-order chi connectivity index (χ0) is 14.5. The van der Waals surface area contributed by atoms with Crippen LogP contribution in [0.2, 0.25) is 0 Å². The highest BCUT2D eigenvalue weighted by Crippen LogP contribution is 2.30. The molecule has 5 nitrogen and oxygen atoms in total. The summed E-state index contributed by atoms with van der Waals surface area (Å²) in [4.78, 5) is 17.0. The first-order chi connectivity index (χ1) is 9.58. The first kappa shape index (κ1) is 14.8. The molecule has 1 aliphatic rings. The van der Waals surface area contributed by atoms with Crippen LogP contribution in [0.25, 0.3) is 0 Å². The highest BCUT2D eigenvalue weighted by molar-refractivity contribution is 5.57. The van der Waals surface area contributed by atoms with E-state index in [1.165, 1.54) is 18.9 Å². The Morgan fingerprint density at radius 1 is 1.45 bits per heavy atom. The smallest absolute Gasteiger partial charge is 0.311 e. The lowest BCUT2D eigenvalue weighted by Gasteiger charge is -2.32. The molecule has 0 atom stereocenters. The summed E-state index contributed by atoms with van der Waals surface area (Å²) in [6, 6.07) is 3.16. The molecule has 2 rings (SSSR count). The standard InChI is InChI=1S/C15H23N3O2/c1-12(2)5-6-13-7-10-17(11-8-13)15-14(18(19)20)4-3-9-16-15/h3-4,9,12-13H,5-8,10-11H2,1-2H3. The highest BCUT2D eigenvalue weighted by atomic mass is 16.6. The molecule has 0 bridgehead atoms. The van der Waals surface area contributed by atoms with Crippen LogP contribution in [-0.2, 0) is 0 Å². The molecule has 20 heavy (non-hydrogen) atoms. The zero-order valence-corrected chi connectivity index (χ0v) is 12.3. The van der Waals surface area contributed by atoms with E-state index in [0.29, 0.717) is 5.82 Å². The van der Waals surface area contributed by atoms with Crippen LogP contribution < -0.4 is 4.90 Å². The third-order valence-electron chi connectivity index (χ3n) is 4.03. The summed E-state index contributed by atoms with van der Waals surface area (Å²) in [7, 11) is 0. The minimum atomic E-state index is -0.340. The lowest BCUT2D eigenvalue weighted by molar-refractivity contribution is -0.384. The van der Waals surface area contributed by atoms with Gasteiger partial charge < -0.3 is 4.90 Å². The number of pyridine rings is 1. The monoisotopic (exact) mass is 277 g/mol. The van der Waals surface area contributed by atoms with Crippen molar-refractivity contribution in [1.29, 1.82) is 0 Å². The van der Waals surface area contributed by atoms with Gasteiger partial charge in [-0.1, -0.05) is 26.7 Å². The van der Waals surface area contributed by atoms with Crippen LogP contribution in [0.1, 0.15) is 39.5 Å². The number of piperidine rings is 1. The van der Waals surface area contributed by atoms with Crippen molar-refractivity contribution in [2.45, 2.75) is 39.5 Å². The van der Waals surface area contributed by atoms with Crippen molar-refractivity contribution in [3.05, 3.63) is 28.4 Å². The molecule has 0 aromatic carbocycles. The third-order valence-corrected chi connectivity index (χ3v) is 4.03. The summed E-state index contributed by atoms with van der Waals surface area (Å²) in [5, 5.41) is 11.0. The van der Waals surface area contributed by atoms with Crippen molar-refractivity contribution < 1.29 is 4.92 Å². The molecule has 0 saturated carbocycles. The van der Waals surface area contributed by atoms with E-state index in [1.54, 1.807) is 12.3 Å². The third kappa shape index (κ3) is 3.68. The molecule has 0 unspecified atom stereocenters. The quantitative estimate of drug-likeness (QED) is 0.609. The molecule has 110 valence electrons. The maximum atomic E-state index is 11.0. The highest BCUT2D eigenvalue weighted by Gasteiger charge is 2.25. The average Bonchev–Trinajstić information content (AvgIpc) is 2.45. The number of rotatable bonds is 5. The van der Waals surface area contributed by atoms with Crippen LogP contribution in [-0.4, -0.2) is 23.0 Å². The van der Waals surface area contributed by atoms with Gasteiger partial charge in [0.15, 0.2) is 0 Å². The number of anilines is 1. The number of hydrogen-bond donors (Lipinski definition) is 0. The largest absolute Gasteiger partial charge is 0.351 e. The second-order valence-corrected chi connectivity index (χ2v) is 6.00. The van der Waals surface area contributed by atoms with Crippen molar-refractivity contribution in [1.82, 2.24) is 4.98 Å². The second kappa shape index (κ2) is 6.68. The Morgan fingerprint density at radius 2 is 2.15 bits per heavy atom. The molecular formula is C15H23N3O2. The Kier molecular flexibility index (Phi) is 4.93. The molecule has 0 radical (unpaired) electrons. The minimum Gasteiger partial charge on any atom is -0.351 e. The van der Waals surface area contributed by atoms with Crippen LogP contribution in [0, 0.1) is 22.0 Å². The van der Waals surface area contributed by atoms with E-state index in [2.05, 4.69) is 23.7 Å². The van der Waals surface area contributed by atoms with E-state index in [9.17, 15) is 10.1 Å². The number of nitrogens with zero attached hydrogens (tertiary/aromatic N) is 3. The summed E-state index contributed by atoms with van der Waals surface area (Å²) >= 11 is 0. The molecule has 0 N–H and O–H groups in total. The van der Waals surface area contributed by atoms with Crippen LogP contribution >= 0.6 is 0 Å². The molecule has 0 amide bonds. The minimum absolute atomic E-state index is 0.119. The summed E-state index contributed by atoms with van der Waals surface area (Å²) in [6.45, 7) is 6.26. The molecule has 2 heterocycles. The first-order valence-corrected chi connectivity index (χ1v) is 7.42. The molecule has 0 aliphatic carbocycles. The van der Waals surface area contributed by atoms with Crippen molar-refractivity contribution >= 4 is 11.5 Å². The number of hydrogen-bond acceptors (Lipinski definition) is 4. The summed E-state index contributed by atoms with van der Waals surface area (Å²) < 4.78 is 0. The van der Waals surface area contributed by atoms with Gasteiger partial charge in [0.25, 0.3) is 0 Å². The molecule has 1 aromatic heterocycles. The summed E-state index contributed by atoms with van der Waals surface area (Å²) in [5.74, 6) is 2.04. The number of aromatic nitrogens is 1. The first-order valence-electron chi connectivity index (χ1n) is 7.42. The Labute approximate surface area is 120 Å². The van der Waals surface area contributed by atoms with E-state index in [-0.39, 0.29) is 10.6 Å². The van der Waals surface area contributed by atoms with Gasteiger partial charge in [-0.15, -0.1) is 0 Å². The topological polar surface area (TPSA) is 59.3 Å². The fraction of sp³-hybridized carbons (Fsp3) is 0.667. The van der Waals surface area contributed by atoms with Crippen molar-refractivity contribution in [2.75, 3.05) is 18.0 Å². The molecule has 0 spiro atoms. The molecule has 1 saturated heterocycles. The van der Waals surface area contributed by atoms with Crippen LogP contribution in [0.4, 0.5) is 11.5 Å². The Balaban J connectivity index is 1.95. The van der Waals surface area contributed by atoms with Crippen LogP contribution in [0.5, 0.6) is 0 Å². The van der Waals surface area contributed by atoms with Gasteiger partial charge in [0.2, 0.25) is 5.82 Å². The summed E-state index contributed by atoms with van der Waals surface area (Å²) in [6.07, 6.45) is 6.40. The van der Waals surface area contributed by atoms with Gasteiger partial charge >= 0.3 is 5.69 Å². The SMILES string of the molecule is CC(C)CCC1CCN(c2ncccc2[N+](=O)[O-])CC1. The molecular weight excluding hydrogens is 254 g/mol. The van der Waals surface area contributed by atoms with Crippen LogP contribution in [0.3, 0.4) is 0 Å². The van der Waals surface area contributed by atoms with E-state index in [4.69, 9.17) is 0 Å². The van der Waals surface area contributed by atoms with E-state index in [1.807, 2.05) is 0 Å². The number of nitro groups is 1. The van der Waals surface area contributed by atoms with Gasteiger partial charge in [-0.05, 0) is 30.7 Å².